The van der Waals surface area contributed by atoms with Gasteiger partial charge in [-0.1, -0.05) is 0 Å². The van der Waals surface area contributed by atoms with Crippen molar-refractivity contribution in [1.29, 1.82) is 0 Å². The highest BCUT2D eigenvalue weighted by Crippen LogP contribution is 2.35. The monoisotopic (exact) mass is 374 g/mol. The second-order valence-corrected chi connectivity index (χ2v) is 7.81. The van der Waals surface area contributed by atoms with E-state index in [1.807, 2.05) is 29.2 Å². The molecular weight excluding hydrogens is 352 g/mol. The summed E-state index contributed by atoms with van der Waals surface area (Å²) in [6, 6.07) is 8.83. The molecule has 0 spiro atoms. The van der Waals surface area contributed by atoms with Gasteiger partial charge < -0.3 is 15.0 Å². The third-order valence-corrected chi connectivity index (χ3v) is 6.16. The molecule has 3 aromatic rings. The van der Waals surface area contributed by atoms with Gasteiger partial charge in [-0.2, -0.15) is 5.10 Å². The normalized spacial score (nSPS) is 22.9. The number of hydrogen-bond acceptors (Lipinski definition) is 6. The number of fused-ring (bicyclic) bond motifs is 4. The van der Waals surface area contributed by atoms with E-state index in [1.54, 1.807) is 6.20 Å². The van der Waals surface area contributed by atoms with Gasteiger partial charge in [0, 0.05) is 37.1 Å². The smallest absolute Gasteiger partial charge is 0.223 e. The van der Waals surface area contributed by atoms with E-state index in [9.17, 15) is 0 Å². The van der Waals surface area contributed by atoms with Gasteiger partial charge in [0.2, 0.25) is 5.88 Å². The number of aromatic nitrogens is 4. The van der Waals surface area contributed by atoms with Gasteiger partial charge >= 0.3 is 0 Å². The standard InChI is InChI=1S/C21H22N6O/c1-2-17-20-15(13-28-21(17)23-7-1)12-27(25-20)16-3-4-19(24-10-16)26-9-6-18-14(11-26)5-8-22-18/h1-4,7,10,12,14,18,22H,5-6,8-9,11,13H2. The van der Waals surface area contributed by atoms with Gasteiger partial charge in [-0.05, 0) is 49.6 Å². The van der Waals surface area contributed by atoms with Crippen LogP contribution in [-0.4, -0.2) is 45.4 Å². The molecule has 1 N–H and O–H groups in total. The molecule has 7 nitrogen and oxygen atoms in total. The molecule has 28 heavy (non-hydrogen) atoms. The Morgan fingerprint density at radius 1 is 1.14 bits per heavy atom. The molecule has 2 unspecified atom stereocenters. The van der Waals surface area contributed by atoms with Crippen LogP contribution in [0.2, 0.25) is 0 Å². The number of piperidine rings is 1. The maximum absolute atomic E-state index is 5.74. The quantitative estimate of drug-likeness (QED) is 0.743. The molecule has 0 amide bonds. The van der Waals surface area contributed by atoms with Crippen molar-refractivity contribution in [3.8, 4) is 22.8 Å². The van der Waals surface area contributed by atoms with E-state index >= 15 is 0 Å². The van der Waals surface area contributed by atoms with Crippen LogP contribution < -0.4 is 15.0 Å². The average molecular weight is 374 g/mol. The topological polar surface area (TPSA) is 68.1 Å². The van der Waals surface area contributed by atoms with Crippen LogP contribution in [0.4, 0.5) is 5.82 Å². The lowest BCUT2D eigenvalue weighted by atomic mass is 9.93. The minimum absolute atomic E-state index is 0.495. The minimum Gasteiger partial charge on any atom is -0.472 e. The predicted molar refractivity (Wildman–Crippen MR) is 106 cm³/mol. The van der Waals surface area contributed by atoms with Crippen LogP contribution >= 0.6 is 0 Å². The third kappa shape index (κ3) is 2.57. The lowest BCUT2D eigenvalue weighted by Crippen LogP contribution is -2.44. The molecule has 2 atom stereocenters. The van der Waals surface area contributed by atoms with Crippen LogP contribution in [0.25, 0.3) is 16.9 Å². The summed E-state index contributed by atoms with van der Waals surface area (Å²) < 4.78 is 7.63. The molecule has 0 radical (unpaired) electrons. The largest absolute Gasteiger partial charge is 0.472 e. The van der Waals surface area contributed by atoms with Crippen LogP contribution in [0.3, 0.4) is 0 Å². The Hall–Kier alpha value is -2.93. The second kappa shape index (κ2) is 6.31. The third-order valence-electron chi connectivity index (χ3n) is 6.16. The molecule has 3 aliphatic rings. The molecule has 3 aliphatic heterocycles. The molecule has 142 valence electrons. The van der Waals surface area contributed by atoms with Crippen LogP contribution in [0, 0.1) is 5.92 Å². The van der Waals surface area contributed by atoms with Crippen LogP contribution in [0.1, 0.15) is 18.4 Å². The summed E-state index contributed by atoms with van der Waals surface area (Å²) in [4.78, 5) is 11.5. The van der Waals surface area contributed by atoms with E-state index in [2.05, 4.69) is 27.3 Å². The first-order valence-corrected chi connectivity index (χ1v) is 9.97. The van der Waals surface area contributed by atoms with Crippen molar-refractivity contribution >= 4 is 5.82 Å². The van der Waals surface area contributed by atoms with Crippen molar-refractivity contribution in [1.82, 2.24) is 25.1 Å². The van der Waals surface area contributed by atoms with Gasteiger partial charge in [0.25, 0.3) is 0 Å². The average Bonchev–Trinajstić information content (AvgIpc) is 3.40. The fourth-order valence-electron chi connectivity index (χ4n) is 4.66. The van der Waals surface area contributed by atoms with Crippen molar-refractivity contribution in [3.05, 3.63) is 48.4 Å². The Balaban J connectivity index is 1.26. The number of nitrogens with one attached hydrogen (secondary N) is 1. The molecule has 0 aromatic carbocycles. The maximum atomic E-state index is 5.74. The molecule has 0 bridgehead atoms. The number of anilines is 1. The van der Waals surface area contributed by atoms with E-state index in [-0.39, 0.29) is 0 Å². The first-order chi connectivity index (χ1) is 13.8. The van der Waals surface area contributed by atoms with E-state index in [4.69, 9.17) is 14.8 Å². The molecule has 0 saturated carbocycles. The van der Waals surface area contributed by atoms with Crippen molar-refractivity contribution in [2.75, 3.05) is 24.5 Å². The molecule has 6 heterocycles. The highest BCUT2D eigenvalue weighted by atomic mass is 16.5. The zero-order valence-corrected chi connectivity index (χ0v) is 15.6. The van der Waals surface area contributed by atoms with Gasteiger partial charge in [0.1, 0.15) is 18.1 Å². The Morgan fingerprint density at radius 2 is 2.14 bits per heavy atom. The number of ether oxygens (including phenoxy) is 1. The molecular formula is C21H22N6O. The molecule has 3 aromatic heterocycles. The highest BCUT2D eigenvalue weighted by molar-refractivity contribution is 5.69. The number of pyridine rings is 2. The minimum atomic E-state index is 0.495. The number of rotatable bonds is 2. The first kappa shape index (κ1) is 16.1. The van der Waals surface area contributed by atoms with E-state index in [0.29, 0.717) is 18.5 Å². The van der Waals surface area contributed by atoms with Gasteiger partial charge in [0.15, 0.2) is 0 Å². The van der Waals surface area contributed by atoms with Crippen LogP contribution in [0.5, 0.6) is 5.88 Å². The molecule has 7 heteroatoms. The first-order valence-electron chi connectivity index (χ1n) is 9.97. The molecule has 2 saturated heterocycles. The molecule has 6 rings (SSSR count). The SMILES string of the molecule is c1cnc2c(c1)-c1nn(-c3ccc(N4CCC5NCCC5C4)nc3)cc1CO2. The van der Waals surface area contributed by atoms with E-state index in [0.717, 1.165) is 53.9 Å². The summed E-state index contributed by atoms with van der Waals surface area (Å²) in [6.07, 6.45) is 8.16. The summed E-state index contributed by atoms with van der Waals surface area (Å²) in [6.45, 7) is 3.82. The summed E-state index contributed by atoms with van der Waals surface area (Å²) in [5.74, 6) is 2.46. The van der Waals surface area contributed by atoms with Gasteiger partial charge in [-0.3, -0.25) is 0 Å². The van der Waals surface area contributed by atoms with Gasteiger partial charge in [-0.25, -0.2) is 14.6 Å². The Labute approximate surface area is 163 Å². The summed E-state index contributed by atoms with van der Waals surface area (Å²) in [5, 5.41) is 8.40. The zero-order valence-electron chi connectivity index (χ0n) is 15.6. The van der Waals surface area contributed by atoms with Crippen molar-refractivity contribution in [3.63, 3.8) is 0 Å². The summed E-state index contributed by atoms with van der Waals surface area (Å²) in [5.41, 5.74) is 3.91. The molecule has 0 aliphatic carbocycles. The van der Waals surface area contributed by atoms with Crippen molar-refractivity contribution in [2.45, 2.75) is 25.5 Å². The lowest BCUT2D eigenvalue weighted by molar-refractivity contribution is 0.290. The van der Waals surface area contributed by atoms with Crippen molar-refractivity contribution < 1.29 is 4.74 Å². The molecule has 2 fully saturated rings. The Morgan fingerprint density at radius 3 is 3.07 bits per heavy atom. The van der Waals surface area contributed by atoms with E-state index in [1.165, 1.54) is 12.8 Å². The zero-order chi connectivity index (χ0) is 18.5. The van der Waals surface area contributed by atoms with Crippen LogP contribution in [-0.2, 0) is 6.61 Å². The fraction of sp³-hybridized carbons (Fsp3) is 0.381. The summed E-state index contributed by atoms with van der Waals surface area (Å²) in [7, 11) is 0. The fourth-order valence-corrected chi connectivity index (χ4v) is 4.66. The second-order valence-electron chi connectivity index (χ2n) is 7.81. The van der Waals surface area contributed by atoms with Gasteiger partial charge in [-0.15, -0.1) is 0 Å². The summed E-state index contributed by atoms with van der Waals surface area (Å²) >= 11 is 0. The number of nitrogens with zero attached hydrogens (tertiary/aromatic N) is 5. The van der Waals surface area contributed by atoms with Crippen LogP contribution in [0.15, 0.2) is 42.9 Å². The highest BCUT2D eigenvalue weighted by Gasteiger charge is 2.33. The Bertz CT molecular complexity index is 1010. The van der Waals surface area contributed by atoms with E-state index < -0.39 is 0 Å². The lowest BCUT2D eigenvalue weighted by Gasteiger charge is -2.35. The maximum Gasteiger partial charge on any atom is 0.223 e. The number of hydrogen-bond donors (Lipinski definition) is 1. The van der Waals surface area contributed by atoms with Gasteiger partial charge in [0.05, 0.1) is 17.4 Å². The Kier molecular flexibility index (Phi) is 3.62. The van der Waals surface area contributed by atoms with Crippen molar-refractivity contribution in [2.24, 2.45) is 5.92 Å². The predicted octanol–water partition coefficient (Wildman–Crippen LogP) is 2.41.